The molecule has 194 valence electrons. The first-order chi connectivity index (χ1) is 16.4. The molecule has 0 aliphatic heterocycles. The summed E-state index contributed by atoms with van der Waals surface area (Å²) in [7, 11) is 0. The first-order valence-electron chi connectivity index (χ1n) is 12.7. The highest BCUT2D eigenvalue weighted by Crippen LogP contribution is 2.69. The molecule has 0 spiro atoms. The van der Waals surface area contributed by atoms with E-state index in [0.29, 0.717) is 12.8 Å². The number of allylic oxidation sites excluding steroid dienone is 4. The van der Waals surface area contributed by atoms with Crippen molar-refractivity contribution in [3.05, 3.63) is 23.6 Å². The number of ketones is 2. The predicted octanol–water partition coefficient (Wildman–Crippen LogP) is 4.77. The second-order valence-corrected chi connectivity index (χ2v) is 11.4. The molecule has 0 amide bonds. The molecule has 3 fully saturated rings. The molecule has 9 atom stereocenters. The third-order valence-electron chi connectivity index (χ3n) is 9.64. The van der Waals surface area contributed by atoms with Crippen molar-refractivity contribution in [2.75, 3.05) is 6.67 Å². The van der Waals surface area contributed by atoms with Gasteiger partial charge in [-0.2, -0.15) is 0 Å². The maximum absolute atomic E-state index is 15.6. The molecule has 0 radical (unpaired) electrons. The van der Waals surface area contributed by atoms with Crippen LogP contribution in [0.25, 0.3) is 0 Å². The van der Waals surface area contributed by atoms with Crippen LogP contribution in [0, 0.1) is 34.5 Å². The van der Waals surface area contributed by atoms with Gasteiger partial charge in [-0.15, -0.1) is 0 Å². The van der Waals surface area contributed by atoms with E-state index >= 15 is 4.39 Å². The average Bonchev–Trinajstić information content (AvgIpc) is 3.01. The topological polar surface area (TPSA) is 80.7 Å². The summed E-state index contributed by atoms with van der Waals surface area (Å²) in [6, 6.07) is 0. The van der Waals surface area contributed by atoms with E-state index in [0.717, 1.165) is 12.5 Å². The van der Waals surface area contributed by atoms with Gasteiger partial charge in [-0.3, -0.25) is 14.4 Å². The molecule has 8 heteroatoms. The van der Waals surface area contributed by atoms with Crippen molar-refractivity contribution in [1.82, 2.24) is 0 Å². The van der Waals surface area contributed by atoms with Crippen LogP contribution in [-0.2, 0) is 19.1 Å². The van der Waals surface area contributed by atoms with Crippen molar-refractivity contribution in [2.45, 2.75) is 84.1 Å². The van der Waals surface area contributed by atoms with E-state index < -0.39 is 76.5 Å². The van der Waals surface area contributed by atoms with E-state index in [4.69, 9.17) is 4.74 Å². The average molecular weight is 497 g/mol. The van der Waals surface area contributed by atoms with Crippen molar-refractivity contribution < 1.29 is 37.4 Å². The maximum atomic E-state index is 15.6. The molecule has 0 unspecified atom stereocenters. The van der Waals surface area contributed by atoms with E-state index in [1.165, 1.54) is 6.08 Å². The van der Waals surface area contributed by atoms with Gasteiger partial charge in [-0.25, -0.2) is 13.2 Å². The molecule has 0 bridgehead atoms. The Kier molecular flexibility index (Phi) is 6.61. The summed E-state index contributed by atoms with van der Waals surface area (Å²) >= 11 is 0. The Bertz CT molecular complexity index is 991. The lowest BCUT2D eigenvalue weighted by atomic mass is 9.45. The zero-order valence-electron chi connectivity index (χ0n) is 20.8. The number of halogens is 3. The summed E-state index contributed by atoms with van der Waals surface area (Å²) in [5, 5.41) is 11.5. The number of aliphatic hydroxyl groups excluding tert-OH is 1. The molecule has 0 aromatic heterocycles. The van der Waals surface area contributed by atoms with Crippen molar-refractivity contribution in [2.24, 2.45) is 34.5 Å². The van der Waals surface area contributed by atoms with Crippen LogP contribution in [0.2, 0.25) is 0 Å². The molecular formula is C27H35F3O5. The Hall–Kier alpha value is -1.96. The summed E-state index contributed by atoms with van der Waals surface area (Å²) in [4.78, 5) is 37.9. The number of carbonyl (C=O) groups is 3. The van der Waals surface area contributed by atoms with E-state index in [1.54, 1.807) is 20.8 Å². The number of hydrogen-bond acceptors (Lipinski definition) is 5. The smallest absolute Gasteiger partial charge is 0.306 e. The molecule has 1 N–H and O–H groups in total. The third-order valence-corrected chi connectivity index (χ3v) is 9.64. The van der Waals surface area contributed by atoms with Crippen LogP contribution in [0.5, 0.6) is 0 Å². The minimum absolute atomic E-state index is 0.0131. The number of Topliss-reactive ketones (excluding diaryl/α,β-unsaturated/α-hetero) is 1. The fourth-order valence-corrected chi connectivity index (χ4v) is 8.27. The van der Waals surface area contributed by atoms with E-state index in [9.17, 15) is 28.3 Å². The monoisotopic (exact) mass is 496 g/mol. The van der Waals surface area contributed by atoms with Crippen LogP contribution < -0.4 is 0 Å². The number of unbranched alkanes of at least 4 members (excludes halogenated alkanes) is 1. The van der Waals surface area contributed by atoms with Crippen LogP contribution in [0.1, 0.15) is 66.2 Å². The Morgan fingerprint density at radius 3 is 2.57 bits per heavy atom. The van der Waals surface area contributed by atoms with Gasteiger partial charge >= 0.3 is 5.97 Å². The highest BCUT2D eigenvalue weighted by atomic mass is 19.1. The Labute approximate surface area is 204 Å². The maximum Gasteiger partial charge on any atom is 0.306 e. The third kappa shape index (κ3) is 3.49. The number of esters is 1. The van der Waals surface area contributed by atoms with Gasteiger partial charge in [0.05, 0.1) is 6.10 Å². The Balaban J connectivity index is 1.80. The van der Waals surface area contributed by atoms with E-state index in [2.05, 4.69) is 0 Å². The van der Waals surface area contributed by atoms with Gasteiger partial charge in [0, 0.05) is 34.7 Å². The van der Waals surface area contributed by atoms with Crippen molar-refractivity contribution >= 4 is 17.5 Å². The molecule has 4 rings (SSSR count). The normalized spacial score (nSPS) is 44.5. The molecule has 0 saturated heterocycles. The Morgan fingerprint density at radius 1 is 1.26 bits per heavy atom. The number of alkyl halides is 2. The van der Waals surface area contributed by atoms with Crippen LogP contribution in [0.3, 0.4) is 0 Å². The molecule has 4 aliphatic carbocycles. The van der Waals surface area contributed by atoms with E-state index in [-0.39, 0.29) is 30.8 Å². The lowest BCUT2D eigenvalue weighted by Crippen LogP contribution is -2.64. The summed E-state index contributed by atoms with van der Waals surface area (Å²) < 4.78 is 50.3. The first-order valence-corrected chi connectivity index (χ1v) is 12.7. The summed E-state index contributed by atoms with van der Waals surface area (Å²) in [6.07, 6.45) is 1.41. The fraction of sp³-hybridized carbons (Fsp3) is 0.741. The zero-order valence-corrected chi connectivity index (χ0v) is 20.8. The summed E-state index contributed by atoms with van der Waals surface area (Å²) in [5.41, 5.74) is -4.33. The number of rotatable bonds is 6. The van der Waals surface area contributed by atoms with Crippen LogP contribution in [0.4, 0.5) is 13.2 Å². The van der Waals surface area contributed by atoms with Gasteiger partial charge in [0.1, 0.15) is 6.17 Å². The Morgan fingerprint density at radius 2 is 1.94 bits per heavy atom. The number of ether oxygens (including phenoxy) is 1. The van der Waals surface area contributed by atoms with Crippen molar-refractivity contribution in [3.63, 3.8) is 0 Å². The minimum atomic E-state index is -1.77. The molecule has 3 saturated carbocycles. The second kappa shape index (κ2) is 8.86. The lowest BCUT2D eigenvalue weighted by Gasteiger charge is -2.60. The van der Waals surface area contributed by atoms with Crippen molar-refractivity contribution in [3.8, 4) is 0 Å². The van der Waals surface area contributed by atoms with Gasteiger partial charge in [0.15, 0.2) is 18.1 Å². The van der Waals surface area contributed by atoms with Gasteiger partial charge in [-0.05, 0) is 43.6 Å². The number of hydrogen-bond donors (Lipinski definition) is 1. The van der Waals surface area contributed by atoms with Crippen molar-refractivity contribution in [1.29, 1.82) is 0 Å². The van der Waals surface area contributed by atoms with Gasteiger partial charge < -0.3 is 9.84 Å². The molecular weight excluding hydrogens is 461 g/mol. The van der Waals surface area contributed by atoms with Gasteiger partial charge in [0.25, 0.3) is 0 Å². The number of fused-ring (bicyclic) bond motifs is 5. The SMILES string of the molecule is CCCCC(=O)O[C@@]1(C(=O)CF)[C@H](C)C[C@H]2[C@@H]3C[C@H](F)C4=C(F)C(=O)C=C[C@]4(C)[C@H]3[C@@H](O)C[C@@]21C. The van der Waals surface area contributed by atoms with Crippen LogP contribution in [-0.4, -0.2) is 47.2 Å². The largest absolute Gasteiger partial charge is 0.450 e. The number of aliphatic hydroxyl groups is 1. The molecule has 0 aromatic rings. The van der Waals surface area contributed by atoms with Gasteiger partial charge in [-0.1, -0.05) is 40.2 Å². The molecule has 4 aliphatic rings. The lowest BCUT2D eigenvalue weighted by molar-refractivity contribution is -0.205. The highest BCUT2D eigenvalue weighted by Gasteiger charge is 2.73. The van der Waals surface area contributed by atoms with Gasteiger partial charge in [0.2, 0.25) is 11.6 Å². The highest BCUT2D eigenvalue weighted by molar-refractivity contribution is 6.04. The molecule has 5 nitrogen and oxygen atoms in total. The predicted molar refractivity (Wildman–Crippen MR) is 122 cm³/mol. The molecule has 0 aromatic carbocycles. The molecule has 0 heterocycles. The number of carbonyl (C=O) groups excluding carboxylic acids is 3. The van der Waals surface area contributed by atoms with E-state index in [1.807, 2.05) is 6.92 Å². The minimum Gasteiger partial charge on any atom is -0.450 e. The molecule has 35 heavy (non-hydrogen) atoms. The summed E-state index contributed by atoms with van der Waals surface area (Å²) in [6.45, 7) is 5.72. The van der Waals surface area contributed by atoms with Crippen LogP contribution >= 0.6 is 0 Å². The van der Waals surface area contributed by atoms with Crippen LogP contribution in [0.15, 0.2) is 23.6 Å². The zero-order chi connectivity index (χ0) is 25.9. The second-order valence-electron chi connectivity index (χ2n) is 11.4. The first kappa shape index (κ1) is 26.1. The quantitative estimate of drug-likeness (QED) is 0.536. The summed E-state index contributed by atoms with van der Waals surface area (Å²) in [5.74, 6) is -5.39. The standard InChI is InChI=1S/C27H35F3O5/c1-5-6-7-21(34)35-27(20(33)13-28)14(2)10-16-15-11-17(29)23-24(30)18(31)8-9-25(23,3)22(15)19(32)12-26(16,27)4/h8-9,14-17,19,22,32H,5-7,10-13H2,1-4H3/t14-,15+,16+,17+,19+,22-,25-,26+,27-/m1/s1. The fourth-order valence-electron chi connectivity index (χ4n) is 8.27.